The van der Waals surface area contributed by atoms with E-state index in [1.807, 2.05) is 91.0 Å². The van der Waals surface area contributed by atoms with Crippen molar-refractivity contribution >= 4 is 0 Å². The molecule has 11 nitrogen and oxygen atoms in total. The molecule has 2 fully saturated rings. The van der Waals surface area contributed by atoms with Gasteiger partial charge < -0.3 is 52.5 Å². The Kier molecular flexibility index (Phi) is 14.3. The summed E-state index contributed by atoms with van der Waals surface area (Å²) >= 11 is 0. The van der Waals surface area contributed by atoms with E-state index in [2.05, 4.69) is 0 Å². The van der Waals surface area contributed by atoms with Gasteiger partial charge in [-0.05, 0) is 16.7 Å². The van der Waals surface area contributed by atoms with Gasteiger partial charge in [0.15, 0.2) is 12.6 Å². The van der Waals surface area contributed by atoms with Crippen molar-refractivity contribution in [3.8, 4) is 0 Å². The zero-order valence-electron chi connectivity index (χ0n) is 28.0. The molecule has 3 aromatic rings. The van der Waals surface area contributed by atoms with Crippen LogP contribution in [-0.4, -0.2) is 108 Å². The van der Waals surface area contributed by atoms with Gasteiger partial charge in [0.25, 0.3) is 0 Å². The van der Waals surface area contributed by atoms with Crippen molar-refractivity contribution in [3.63, 3.8) is 0 Å². The van der Waals surface area contributed by atoms with E-state index < -0.39 is 61.4 Å². The Bertz CT molecular complexity index is 1300. The van der Waals surface area contributed by atoms with Gasteiger partial charge >= 0.3 is 0 Å². The zero-order chi connectivity index (χ0) is 33.7. The molecule has 10 atom stereocenters. The Labute approximate surface area is 282 Å². The van der Waals surface area contributed by atoms with Crippen LogP contribution in [0.1, 0.15) is 16.7 Å². The molecule has 0 unspecified atom stereocenters. The molecule has 2 heterocycles. The van der Waals surface area contributed by atoms with Gasteiger partial charge in [0.05, 0.1) is 33.0 Å². The topological polar surface area (TPSA) is 113 Å². The monoisotopic (exact) mass is 668 g/mol. The summed E-state index contributed by atoms with van der Waals surface area (Å²) in [6, 6.07) is 29.3. The first-order valence-corrected chi connectivity index (χ1v) is 16.2. The maximum Gasteiger partial charge on any atom is 0.187 e. The Morgan fingerprint density at radius 3 is 1.54 bits per heavy atom. The Morgan fingerprint density at radius 2 is 1.02 bits per heavy atom. The molecule has 1 N–H and O–H groups in total. The Hall–Kier alpha value is -2.78. The fourth-order valence-corrected chi connectivity index (χ4v) is 6.20. The van der Waals surface area contributed by atoms with Crippen LogP contribution < -0.4 is 0 Å². The molecule has 48 heavy (non-hydrogen) atoms. The zero-order valence-corrected chi connectivity index (χ0v) is 28.0. The molecular weight excluding hydrogens is 620 g/mol. The molecule has 262 valence electrons. The van der Waals surface area contributed by atoms with Crippen molar-refractivity contribution in [1.82, 2.24) is 0 Å². The molecule has 2 saturated heterocycles. The molecule has 2 aliphatic heterocycles. The molecule has 0 saturated carbocycles. The standard InChI is InChI=1S/C37H48O11/c1-39-23-28-30(40-2)32(41-3)35(42-4)37(47-28)48-31-29(24-43-20-25-14-8-5-9-15-25)46-36(38)34(45-22-27-18-12-7-13-19-27)33(31)44-21-26-16-10-6-11-17-26/h5-19,28-38H,20-24H2,1-4H3/t28-,29-,30+,31-,32+,33+,34-,35-,36+,37-/m1/s1. The molecule has 3 aromatic carbocycles. The van der Waals surface area contributed by atoms with Crippen molar-refractivity contribution in [2.75, 3.05) is 41.7 Å². The minimum absolute atomic E-state index is 0.0908. The maximum atomic E-state index is 11.4. The lowest BCUT2D eigenvalue weighted by Crippen LogP contribution is -2.66. The lowest BCUT2D eigenvalue weighted by Gasteiger charge is -2.49. The number of benzene rings is 3. The van der Waals surface area contributed by atoms with Gasteiger partial charge in [-0.25, -0.2) is 0 Å². The van der Waals surface area contributed by atoms with E-state index >= 15 is 0 Å². The number of methoxy groups -OCH3 is 4. The second-order valence-electron chi connectivity index (χ2n) is 11.8. The van der Waals surface area contributed by atoms with Crippen molar-refractivity contribution in [2.45, 2.75) is 81.2 Å². The van der Waals surface area contributed by atoms with Crippen LogP contribution in [0.4, 0.5) is 0 Å². The minimum Gasteiger partial charge on any atom is -0.382 e. The van der Waals surface area contributed by atoms with Crippen molar-refractivity contribution in [1.29, 1.82) is 0 Å². The normalized spacial score (nSPS) is 30.7. The van der Waals surface area contributed by atoms with Gasteiger partial charge in [-0.2, -0.15) is 0 Å². The molecular formula is C37H48O11. The summed E-state index contributed by atoms with van der Waals surface area (Å²) in [7, 11) is 6.34. The highest BCUT2D eigenvalue weighted by molar-refractivity contribution is 5.15. The third kappa shape index (κ3) is 9.46. The van der Waals surface area contributed by atoms with E-state index in [9.17, 15) is 5.11 Å². The fraction of sp³-hybridized carbons (Fsp3) is 0.514. The second kappa shape index (κ2) is 18.8. The molecule has 0 aromatic heterocycles. The van der Waals surface area contributed by atoms with E-state index in [0.29, 0.717) is 6.61 Å². The molecule has 0 spiro atoms. The lowest BCUT2D eigenvalue weighted by atomic mass is 9.96. The molecule has 0 radical (unpaired) electrons. The van der Waals surface area contributed by atoms with Crippen molar-refractivity contribution in [2.24, 2.45) is 0 Å². The predicted octanol–water partition coefficient (Wildman–Crippen LogP) is 3.89. The maximum absolute atomic E-state index is 11.4. The Morgan fingerprint density at radius 1 is 0.521 bits per heavy atom. The summed E-state index contributed by atoms with van der Waals surface area (Å²) in [5.74, 6) is 0. The molecule has 11 heteroatoms. The smallest absolute Gasteiger partial charge is 0.187 e. The minimum atomic E-state index is -1.34. The van der Waals surface area contributed by atoms with Gasteiger partial charge in [-0.15, -0.1) is 0 Å². The van der Waals surface area contributed by atoms with E-state index in [4.69, 9.17) is 47.4 Å². The van der Waals surface area contributed by atoms with Crippen LogP contribution in [0.25, 0.3) is 0 Å². The summed E-state index contributed by atoms with van der Waals surface area (Å²) in [5.41, 5.74) is 2.88. The number of rotatable bonds is 17. The molecule has 0 aliphatic carbocycles. The summed E-state index contributed by atoms with van der Waals surface area (Å²) in [6.07, 6.45) is -7.89. The van der Waals surface area contributed by atoms with E-state index in [0.717, 1.165) is 16.7 Å². The van der Waals surface area contributed by atoms with Gasteiger partial charge in [0.2, 0.25) is 0 Å². The van der Waals surface area contributed by atoms with Crippen LogP contribution in [0.15, 0.2) is 91.0 Å². The van der Waals surface area contributed by atoms with Gasteiger partial charge in [0, 0.05) is 28.4 Å². The van der Waals surface area contributed by atoms with Crippen LogP contribution in [0.3, 0.4) is 0 Å². The predicted molar refractivity (Wildman–Crippen MR) is 175 cm³/mol. The average Bonchev–Trinajstić information content (AvgIpc) is 3.12. The number of hydrogen-bond donors (Lipinski definition) is 1. The highest BCUT2D eigenvalue weighted by atomic mass is 16.7. The second-order valence-corrected chi connectivity index (χ2v) is 11.8. The van der Waals surface area contributed by atoms with Crippen LogP contribution in [-0.2, 0) is 67.2 Å². The summed E-state index contributed by atoms with van der Waals surface area (Å²) < 4.78 is 61.6. The molecule has 0 amide bonds. The number of hydrogen-bond acceptors (Lipinski definition) is 11. The molecule has 2 aliphatic rings. The highest BCUT2D eigenvalue weighted by Gasteiger charge is 2.53. The lowest BCUT2D eigenvalue weighted by molar-refractivity contribution is -0.368. The van der Waals surface area contributed by atoms with Crippen LogP contribution >= 0.6 is 0 Å². The first kappa shape index (κ1) is 36.5. The summed E-state index contributed by atoms with van der Waals surface area (Å²) in [4.78, 5) is 0. The van der Waals surface area contributed by atoms with Crippen LogP contribution in [0, 0.1) is 0 Å². The van der Waals surface area contributed by atoms with E-state index in [1.54, 1.807) is 28.4 Å². The molecule has 5 rings (SSSR count). The summed E-state index contributed by atoms with van der Waals surface area (Å²) in [5, 5.41) is 11.4. The number of aliphatic hydroxyl groups is 1. The first-order chi connectivity index (χ1) is 23.6. The van der Waals surface area contributed by atoms with E-state index in [-0.39, 0.29) is 26.4 Å². The van der Waals surface area contributed by atoms with Crippen LogP contribution in [0.2, 0.25) is 0 Å². The largest absolute Gasteiger partial charge is 0.382 e. The fourth-order valence-electron chi connectivity index (χ4n) is 6.20. The van der Waals surface area contributed by atoms with Crippen molar-refractivity contribution < 1.29 is 52.5 Å². The van der Waals surface area contributed by atoms with Gasteiger partial charge in [-0.3, -0.25) is 0 Å². The highest BCUT2D eigenvalue weighted by Crippen LogP contribution is 2.34. The van der Waals surface area contributed by atoms with Gasteiger partial charge in [-0.1, -0.05) is 91.0 Å². The van der Waals surface area contributed by atoms with E-state index in [1.165, 1.54) is 0 Å². The van der Waals surface area contributed by atoms with Crippen LogP contribution in [0.5, 0.6) is 0 Å². The Balaban J connectivity index is 1.45. The molecule has 0 bridgehead atoms. The first-order valence-electron chi connectivity index (χ1n) is 16.2. The van der Waals surface area contributed by atoms with Gasteiger partial charge in [0.1, 0.15) is 48.8 Å². The quantitative estimate of drug-likeness (QED) is 0.226. The third-order valence-electron chi connectivity index (χ3n) is 8.60. The number of aliphatic hydroxyl groups excluding tert-OH is 1. The third-order valence-corrected chi connectivity index (χ3v) is 8.60. The average molecular weight is 669 g/mol. The summed E-state index contributed by atoms with van der Waals surface area (Å²) in [6.45, 7) is 1.11. The van der Waals surface area contributed by atoms with Crippen molar-refractivity contribution in [3.05, 3.63) is 108 Å². The number of ether oxygens (including phenoxy) is 10. The SMILES string of the molecule is COC[C@H]1O[C@H](O[C@H]2[C@H](OCc3ccccc3)[C@@H](OCc3ccccc3)[C@@H](O)O[C@@H]2COCc2ccccc2)[C@H](OC)[C@@H](OC)[C@H]1OC.